The first-order valence-corrected chi connectivity index (χ1v) is 5.52. The van der Waals surface area contributed by atoms with E-state index in [0.717, 1.165) is 25.8 Å². The molecular weight excluding hydrogens is 208 g/mol. The number of hydrogen-bond donors (Lipinski definition) is 3. The molecule has 0 aromatic carbocycles. The minimum absolute atomic E-state index is 0.0253. The minimum atomic E-state index is -0.399. The molecule has 7 heteroatoms. The molecule has 1 aromatic heterocycles. The number of aromatic amines is 1. The van der Waals surface area contributed by atoms with E-state index in [9.17, 15) is 4.79 Å². The van der Waals surface area contributed by atoms with E-state index in [1.54, 1.807) is 0 Å². The van der Waals surface area contributed by atoms with Crippen molar-refractivity contribution >= 4 is 5.91 Å². The van der Waals surface area contributed by atoms with Gasteiger partial charge in [0.1, 0.15) is 0 Å². The quantitative estimate of drug-likeness (QED) is 0.631. The number of aromatic nitrogens is 4. The Hall–Kier alpha value is -1.50. The molecule has 1 unspecified atom stereocenters. The molecule has 2 rings (SSSR count). The summed E-state index contributed by atoms with van der Waals surface area (Å²) >= 11 is 0. The maximum atomic E-state index is 12.0. The standard InChI is InChI=1S/C9H16N6O/c1-2-9(4-3-5-11-9)8(16)10-6-7-12-14-15-13-7/h11H,2-6H2,1H3,(H,10,16)(H,12,13,14,15). The topological polar surface area (TPSA) is 95.6 Å². The third-order valence-corrected chi connectivity index (χ3v) is 3.08. The second kappa shape index (κ2) is 4.56. The fraction of sp³-hybridized carbons (Fsp3) is 0.778. The third-order valence-electron chi connectivity index (χ3n) is 3.08. The summed E-state index contributed by atoms with van der Waals surface area (Å²) in [4.78, 5) is 12.0. The maximum Gasteiger partial charge on any atom is 0.240 e. The van der Waals surface area contributed by atoms with E-state index < -0.39 is 5.54 Å². The van der Waals surface area contributed by atoms with Crippen LogP contribution in [0.5, 0.6) is 0 Å². The third kappa shape index (κ3) is 2.04. The monoisotopic (exact) mass is 224 g/mol. The van der Waals surface area contributed by atoms with E-state index in [0.29, 0.717) is 12.4 Å². The first kappa shape index (κ1) is 11.0. The van der Waals surface area contributed by atoms with Crippen molar-refractivity contribution in [3.8, 4) is 0 Å². The maximum absolute atomic E-state index is 12.0. The summed E-state index contributed by atoms with van der Waals surface area (Å²) in [7, 11) is 0. The van der Waals surface area contributed by atoms with E-state index in [2.05, 4.69) is 31.3 Å². The Bertz CT molecular complexity index is 343. The van der Waals surface area contributed by atoms with Crippen molar-refractivity contribution in [1.82, 2.24) is 31.3 Å². The molecule has 0 radical (unpaired) electrons. The zero-order valence-electron chi connectivity index (χ0n) is 9.29. The van der Waals surface area contributed by atoms with Crippen molar-refractivity contribution in [3.05, 3.63) is 5.82 Å². The highest BCUT2D eigenvalue weighted by molar-refractivity contribution is 5.86. The van der Waals surface area contributed by atoms with Gasteiger partial charge < -0.3 is 10.6 Å². The van der Waals surface area contributed by atoms with Gasteiger partial charge in [-0.3, -0.25) is 4.79 Å². The molecule has 0 bridgehead atoms. The van der Waals surface area contributed by atoms with Gasteiger partial charge in [-0.25, -0.2) is 0 Å². The van der Waals surface area contributed by atoms with Crippen LogP contribution in [0.2, 0.25) is 0 Å². The Morgan fingerprint density at radius 3 is 3.06 bits per heavy atom. The van der Waals surface area contributed by atoms with Gasteiger partial charge in [-0.1, -0.05) is 12.1 Å². The Labute approximate surface area is 93.4 Å². The van der Waals surface area contributed by atoms with E-state index in [-0.39, 0.29) is 5.91 Å². The van der Waals surface area contributed by atoms with Crippen LogP contribution in [-0.4, -0.2) is 38.6 Å². The number of rotatable bonds is 4. The lowest BCUT2D eigenvalue weighted by Gasteiger charge is -2.26. The number of tetrazole rings is 1. The molecule has 2 heterocycles. The Balaban J connectivity index is 1.91. The lowest BCUT2D eigenvalue weighted by molar-refractivity contribution is -0.127. The predicted molar refractivity (Wildman–Crippen MR) is 56.3 cm³/mol. The fourth-order valence-corrected chi connectivity index (χ4v) is 2.05. The number of nitrogens with one attached hydrogen (secondary N) is 3. The fourth-order valence-electron chi connectivity index (χ4n) is 2.05. The van der Waals surface area contributed by atoms with Gasteiger partial charge in [0.2, 0.25) is 5.91 Å². The number of carbonyl (C=O) groups excluding carboxylic acids is 1. The van der Waals surface area contributed by atoms with Crippen LogP contribution in [0.15, 0.2) is 0 Å². The molecule has 3 N–H and O–H groups in total. The summed E-state index contributed by atoms with van der Waals surface area (Å²) in [5.74, 6) is 0.523. The molecule has 1 atom stereocenters. The molecule has 1 fully saturated rings. The highest BCUT2D eigenvalue weighted by atomic mass is 16.2. The number of H-pyrrole nitrogens is 1. The molecule has 7 nitrogen and oxygen atoms in total. The number of amides is 1. The Morgan fingerprint density at radius 1 is 1.62 bits per heavy atom. The summed E-state index contributed by atoms with van der Waals surface area (Å²) in [6.07, 6.45) is 2.73. The first-order valence-electron chi connectivity index (χ1n) is 5.52. The van der Waals surface area contributed by atoms with Crippen LogP contribution < -0.4 is 10.6 Å². The summed E-state index contributed by atoms with van der Waals surface area (Å²) in [5, 5.41) is 19.4. The predicted octanol–water partition coefficient (Wildman–Crippen LogP) is -0.652. The van der Waals surface area contributed by atoms with Crippen molar-refractivity contribution in [3.63, 3.8) is 0 Å². The first-order chi connectivity index (χ1) is 7.77. The molecular formula is C9H16N6O. The van der Waals surface area contributed by atoms with Crippen LogP contribution >= 0.6 is 0 Å². The number of carbonyl (C=O) groups is 1. The van der Waals surface area contributed by atoms with Gasteiger partial charge in [-0.05, 0) is 25.8 Å². The van der Waals surface area contributed by atoms with Crippen molar-refractivity contribution in [2.75, 3.05) is 6.54 Å². The number of nitrogens with zero attached hydrogens (tertiary/aromatic N) is 3. The van der Waals surface area contributed by atoms with Crippen molar-refractivity contribution in [2.24, 2.45) is 0 Å². The van der Waals surface area contributed by atoms with Gasteiger partial charge in [0.25, 0.3) is 0 Å². The Morgan fingerprint density at radius 2 is 2.50 bits per heavy atom. The van der Waals surface area contributed by atoms with Crippen molar-refractivity contribution in [1.29, 1.82) is 0 Å². The molecule has 16 heavy (non-hydrogen) atoms. The normalized spacial score (nSPS) is 24.6. The molecule has 1 aliphatic heterocycles. The average Bonchev–Trinajstić information content (AvgIpc) is 2.97. The van der Waals surface area contributed by atoms with Crippen molar-refractivity contribution < 1.29 is 4.79 Å². The van der Waals surface area contributed by atoms with Crippen LogP contribution in [0.3, 0.4) is 0 Å². The molecule has 0 aliphatic carbocycles. The van der Waals surface area contributed by atoms with E-state index >= 15 is 0 Å². The molecule has 1 saturated heterocycles. The second-order valence-electron chi connectivity index (χ2n) is 3.98. The largest absolute Gasteiger partial charge is 0.347 e. The molecule has 1 aromatic rings. The lowest BCUT2D eigenvalue weighted by atomic mass is 9.93. The van der Waals surface area contributed by atoms with Gasteiger partial charge in [-0.2, -0.15) is 5.21 Å². The van der Waals surface area contributed by atoms with Gasteiger partial charge in [-0.15, -0.1) is 10.2 Å². The zero-order chi connectivity index (χ0) is 11.4. The lowest BCUT2D eigenvalue weighted by Crippen LogP contribution is -2.52. The summed E-state index contributed by atoms with van der Waals surface area (Å²) in [6, 6.07) is 0. The molecule has 1 aliphatic rings. The van der Waals surface area contributed by atoms with E-state index in [4.69, 9.17) is 0 Å². The van der Waals surface area contributed by atoms with Gasteiger partial charge >= 0.3 is 0 Å². The minimum Gasteiger partial charge on any atom is -0.347 e. The van der Waals surface area contributed by atoms with Gasteiger partial charge in [0.15, 0.2) is 5.82 Å². The van der Waals surface area contributed by atoms with E-state index in [1.165, 1.54) is 0 Å². The van der Waals surface area contributed by atoms with Crippen LogP contribution in [0.25, 0.3) is 0 Å². The zero-order valence-corrected chi connectivity index (χ0v) is 9.29. The number of hydrogen-bond acceptors (Lipinski definition) is 5. The second-order valence-corrected chi connectivity index (χ2v) is 3.98. The van der Waals surface area contributed by atoms with Crippen LogP contribution in [0.4, 0.5) is 0 Å². The van der Waals surface area contributed by atoms with Crippen LogP contribution in [0, 0.1) is 0 Å². The van der Waals surface area contributed by atoms with Crippen molar-refractivity contribution in [2.45, 2.75) is 38.3 Å². The summed E-state index contributed by atoms with van der Waals surface area (Å²) in [5.41, 5.74) is -0.399. The van der Waals surface area contributed by atoms with Crippen LogP contribution in [0.1, 0.15) is 32.0 Å². The highest BCUT2D eigenvalue weighted by Gasteiger charge is 2.38. The molecule has 0 spiro atoms. The average molecular weight is 224 g/mol. The van der Waals surface area contributed by atoms with Gasteiger partial charge in [0, 0.05) is 0 Å². The highest BCUT2D eigenvalue weighted by Crippen LogP contribution is 2.22. The SMILES string of the molecule is CCC1(C(=O)NCc2nn[nH]n2)CCCN1. The van der Waals surface area contributed by atoms with Crippen LogP contribution in [-0.2, 0) is 11.3 Å². The molecule has 88 valence electrons. The summed E-state index contributed by atoms with van der Waals surface area (Å²) in [6.45, 7) is 3.24. The Kier molecular flexibility index (Phi) is 3.14. The van der Waals surface area contributed by atoms with Gasteiger partial charge in [0.05, 0.1) is 12.1 Å². The molecule has 0 saturated carbocycles. The summed E-state index contributed by atoms with van der Waals surface area (Å²) < 4.78 is 0. The smallest absolute Gasteiger partial charge is 0.240 e. The molecule has 1 amide bonds. The van der Waals surface area contributed by atoms with E-state index in [1.807, 2.05) is 6.92 Å².